The van der Waals surface area contributed by atoms with Crippen molar-refractivity contribution >= 4 is 24.8 Å². The third-order valence-electron chi connectivity index (χ3n) is 2.48. The van der Waals surface area contributed by atoms with Crippen molar-refractivity contribution in [3.8, 4) is 0 Å². The molecule has 0 saturated heterocycles. The summed E-state index contributed by atoms with van der Waals surface area (Å²) in [5.41, 5.74) is 1.55. The normalized spacial score (nSPS) is 29.0. The van der Waals surface area contributed by atoms with Gasteiger partial charge in [0, 0.05) is 11.3 Å². The third-order valence-corrected chi connectivity index (χ3v) is 3.94. The van der Waals surface area contributed by atoms with Crippen molar-refractivity contribution in [2.75, 3.05) is 6.54 Å². The molecule has 1 heterocycles. The number of hydrogen-bond acceptors (Lipinski definition) is 3. The van der Waals surface area contributed by atoms with Gasteiger partial charge in [0.25, 0.3) is 0 Å². The monoisotopic (exact) mass is 231 g/mol. The molecule has 0 amide bonds. The van der Waals surface area contributed by atoms with Crippen LogP contribution in [0.4, 0.5) is 0 Å². The lowest BCUT2D eigenvalue weighted by Gasteiger charge is -2.35. The number of hydrogen-bond donors (Lipinski definition) is 1. The molecule has 0 aromatic carbocycles. The fraction of sp³-hybridized carbons (Fsp3) is 0.818. The van der Waals surface area contributed by atoms with Crippen LogP contribution in [0.5, 0.6) is 0 Å². The van der Waals surface area contributed by atoms with Gasteiger partial charge < -0.3 is 0 Å². The average Bonchev–Trinajstić information content (AvgIpc) is 2.02. The zero-order valence-electron chi connectivity index (χ0n) is 9.42. The Hall–Kier alpha value is 0.400. The Morgan fingerprint density at radius 2 is 2.21 bits per heavy atom. The van der Waals surface area contributed by atoms with Crippen molar-refractivity contribution < 1.29 is 0 Å². The first-order valence-corrected chi connectivity index (χ1v) is 6.63. The lowest BCUT2D eigenvalue weighted by Crippen LogP contribution is -2.28. The quantitative estimate of drug-likeness (QED) is 0.441. The highest BCUT2D eigenvalue weighted by Gasteiger charge is 2.28. The van der Waals surface area contributed by atoms with E-state index in [-0.39, 0.29) is 4.75 Å². The fourth-order valence-corrected chi connectivity index (χ4v) is 4.00. The van der Waals surface area contributed by atoms with E-state index in [0.29, 0.717) is 0 Å². The molecular formula is C11H21NS2. The van der Waals surface area contributed by atoms with Gasteiger partial charge in [0.05, 0.1) is 0 Å². The van der Waals surface area contributed by atoms with E-state index in [0.717, 1.165) is 6.54 Å². The minimum atomic E-state index is 0.277. The van der Waals surface area contributed by atoms with E-state index >= 15 is 0 Å². The van der Waals surface area contributed by atoms with Crippen LogP contribution in [-0.4, -0.2) is 15.0 Å². The summed E-state index contributed by atoms with van der Waals surface area (Å²) in [5.74, 6) is 0. The summed E-state index contributed by atoms with van der Waals surface area (Å²) < 4.78 is 2.36. The fourth-order valence-electron chi connectivity index (χ4n) is 2.04. The molecule has 0 N–H and O–H groups in total. The Balaban J connectivity index is 2.71. The zero-order valence-corrected chi connectivity index (χ0v) is 11.1. The van der Waals surface area contributed by atoms with Crippen LogP contribution in [-0.2, 0) is 0 Å². The summed E-state index contributed by atoms with van der Waals surface area (Å²) in [6.07, 6.45) is 7.40. The lowest BCUT2D eigenvalue weighted by atomic mass is 9.99. The molecule has 1 unspecified atom stereocenters. The van der Waals surface area contributed by atoms with Gasteiger partial charge in [0.15, 0.2) is 0 Å². The molecule has 0 aliphatic carbocycles. The van der Waals surface area contributed by atoms with Crippen molar-refractivity contribution in [3.63, 3.8) is 0 Å². The van der Waals surface area contributed by atoms with Crippen LogP contribution in [0.25, 0.3) is 0 Å². The van der Waals surface area contributed by atoms with E-state index in [1.807, 2.05) is 11.9 Å². The summed E-state index contributed by atoms with van der Waals surface area (Å²) in [7, 11) is 0. The average molecular weight is 231 g/mol. The van der Waals surface area contributed by atoms with Gasteiger partial charge in [0.1, 0.15) is 0 Å². The molecule has 0 aromatic rings. The predicted octanol–water partition coefficient (Wildman–Crippen LogP) is 4.08. The molecule has 1 aliphatic rings. The lowest BCUT2D eigenvalue weighted by molar-refractivity contribution is 0.622. The van der Waals surface area contributed by atoms with E-state index in [1.165, 1.54) is 25.7 Å². The van der Waals surface area contributed by atoms with Crippen LogP contribution >= 0.6 is 24.8 Å². The zero-order chi connectivity index (χ0) is 10.6. The highest BCUT2D eigenvalue weighted by atomic mass is 32.2. The maximum Gasteiger partial charge on any atom is 0.0469 e. The Morgan fingerprint density at radius 1 is 1.50 bits per heavy atom. The molecule has 82 valence electrons. The second kappa shape index (κ2) is 5.47. The largest absolute Gasteiger partial charge is 0.192 e. The summed E-state index contributed by atoms with van der Waals surface area (Å²) in [4.78, 5) is 0. The standard InChI is InChI=1S/C11H21NS2/c1-4-6-10-8-11(3,7-5-2)14-12(13)9-10/h8,13H,4-7,9H2,1-3H3. The summed E-state index contributed by atoms with van der Waals surface area (Å²) in [6.45, 7) is 7.82. The second-order valence-corrected chi connectivity index (χ2v) is 6.53. The van der Waals surface area contributed by atoms with Crippen LogP contribution in [0.1, 0.15) is 46.5 Å². The van der Waals surface area contributed by atoms with Gasteiger partial charge in [0.2, 0.25) is 0 Å². The first-order chi connectivity index (χ1) is 6.59. The molecule has 14 heavy (non-hydrogen) atoms. The van der Waals surface area contributed by atoms with Crippen LogP contribution < -0.4 is 0 Å². The van der Waals surface area contributed by atoms with Crippen molar-refractivity contribution in [1.82, 2.24) is 3.71 Å². The maximum atomic E-state index is 4.48. The van der Waals surface area contributed by atoms with Crippen LogP contribution in [0.3, 0.4) is 0 Å². The topological polar surface area (TPSA) is 3.24 Å². The summed E-state index contributed by atoms with van der Waals surface area (Å²) >= 11 is 6.34. The van der Waals surface area contributed by atoms with Crippen LogP contribution in [0.2, 0.25) is 0 Å². The van der Waals surface area contributed by atoms with Gasteiger partial charge in [-0.25, -0.2) is 0 Å². The molecule has 0 radical (unpaired) electrons. The van der Waals surface area contributed by atoms with Gasteiger partial charge in [-0.05, 0) is 19.8 Å². The highest BCUT2D eigenvalue weighted by molar-refractivity contribution is 8.06. The van der Waals surface area contributed by atoms with Crippen LogP contribution in [0, 0.1) is 0 Å². The molecular weight excluding hydrogens is 210 g/mol. The maximum absolute atomic E-state index is 4.48. The molecule has 1 aliphatic heterocycles. The van der Waals surface area contributed by atoms with Crippen LogP contribution in [0.15, 0.2) is 11.6 Å². The third kappa shape index (κ3) is 3.52. The van der Waals surface area contributed by atoms with E-state index in [2.05, 4.69) is 43.4 Å². The van der Waals surface area contributed by atoms with E-state index in [9.17, 15) is 0 Å². The number of nitrogens with zero attached hydrogens (tertiary/aromatic N) is 1. The number of rotatable bonds is 4. The van der Waals surface area contributed by atoms with Crippen molar-refractivity contribution in [1.29, 1.82) is 0 Å². The summed E-state index contributed by atoms with van der Waals surface area (Å²) in [5, 5.41) is 0. The molecule has 0 spiro atoms. The van der Waals surface area contributed by atoms with Gasteiger partial charge in [-0.2, -0.15) is 3.71 Å². The Kier molecular flexibility index (Phi) is 4.88. The smallest absolute Gasteiger partial charge is 0.0469 e. The second-order valence-electron chi connectivity index (χ2n) is 4.22. The SMILES string of the molecule is CCCC1=CC(C)(CCC)SN(S)C1. The molecule has 3 heteroatoms. The van der Waals surface area contributed by atoms with Gasteiger partial charge in [-0.3, -0.25) is 0 Å². The summed E-state index contributed by atoms with van der Waals surface area (Å²) in [6, 6.07) is 0. The molecule has 1 nitrogen and oxygen atoms in total. The first kappa shape index (κ1) is 12.5. The van der Waals surface area contributed by atoms with E-state index in [1.54, 1.807) is 5.57 Å². The van der Waals surface area contributed by atoms with Crippen molar-refractivity contribution in [3.05, 3.63) is 11.6 Å². The molecule has 0 bridgehead atoms. The highest BCUT2D eigenvalue weighted by Crippen LogP contribution is 2.40. The predicted molar refractivity (Wildman–Crippen MR) is 69.6 cm³/mol. The minimum Gasteiger partial charge on any atom is -0.192 e. The molecule has 0 saturated carbocycles. The van der Waals surface area contributed by atoms with Gasteiger partial charge in [-0.15, -0.1) is 0 Å². The van der Waals surface area contributed by atoms with E-state index in [4.69, 9.17) is 0 Å². The molecule has 1 atom stereocenters. The Bertz CT molecular complexity index is 215. The molecule has 0 aromatic heterocycles. The van der Waals surface area contributed by atoms with Gasteiger partial charge >= 0.3 is 0 Å². The molecule has 1 rings (SSSR count). The Morgan fingerprint density at radius 3 is 2.79 bits per heavy atom. The minimum absolute atomic E-state index is 0.277. The van der Waals surface area contributed by atoms with Gasteiger partial charge in [-0.1, -0.05) is 63.1 Å². The first-order valence-electron chi connectivity index (χ1n) is 5.46. The number of thiol groups is 1. The van der Waals surface area contributed by atoms with Crippen molar-refractivity contribution in [2.24, 2.45) is 0 Å². The molecule has 0 fully saturated rings. The van der Waals surface area contributed by atoms with Crippen molar-refractivity contribution in [2.45, 2.75) is 51.2 Å². The Labute approximate surface area is 98.0 Å². The van der Waals surface area contributed by atoms with E-state index < -0.39 is 0 Å².